The number of rotatable bonds is 1. The van der Waals surface area contributed by atoms with Crippen molar-refractivity contribution in [2.75, 3.05) is 0 Å². The van der Waals surface area contributed by atoms with E-state index in [9.17, 15) is 0 Å². The van der Waals surface area contributed by atoms with E-state index in [-0.39, 0.29) is 11.5 Å². The van der Waals surface area contributed by atoms with Gasteiger partial charge in [-0.25, -0.2) is 0 Å². The molecule has 0 aliphatic rings. The second-order valence-electron chi connectivity index (χ2n) is 3.64. The number of hydrogen-bond donors (Lipinski definition) is 0. The molecule has 58 valence electrons. The first-order chi connectivity index (χ1) is 4.42. The van der Waals surface area contributed by atoms with Gasteiger partial charge in [0.05, 0.1) is 0 Å². The van der Waals surface area contributed by atoms with Crippen LogP contribution in [0.5, 0.6) is 0 Å². The zero-order chi connectivity index (χ0) is 8.20. The van der Waals surface area contributed by atoms with Crippen LogP contribution >= 0.6 is 0 Å². The Kier molecular flexibility index (Phi) is 3.28. The maximum Gasteiger partial charge on any atom is 0.110 e. The van der Waals surface area contributed by atoms with Crippen molar-refractivity contribution in [3.63, 3.8) is 0 Å². The van der Waals surface area contributed by atoms with Crippen molar-refractivity contribution in [2.45, 2.75) is 40.7 Å². The molecule has 0 amide bonds. The molecular weight excluding hydrogens is 124 g/mol. The van der Waals surface area contributed by atoms with Crippen LogP contribution in [0.2, 0.25) is 0 Å². The lowest BCUT2D eigenvalue weighted by Crippen LogP contribution is -2.01. The summed E-state index contributed by atoms with van der Waals surface area (Å²) in [5, 5.41) is 0. The van der Waals surface area contributed by atoms with Crippen LogP contribution in [0.1, 0.15) is 34.6 Å². The molecule has 0 aromatic rings. The molecule has 0 N–H and O–H groups in total. The predicted octanol–water partition coefficient (Wildman–Crippen LogP) is 2.42. The van der Waals surface area contributed by atoms with Crippen LogP contribution in [0, 0.1) is 17.4 Å². The van der Waals surface area contributed by atoms with Crippen LogP contribution in [0.4, 0.5) is 0 Å². The molecule has 0 rings (SSSR count). The number of ether oxygens (including phenoxy) is 1. The lowest BCUT2D eigenvalue weighted by molar-refractivity contribution is 0.203. The maximum absolute atomic E-state index is 5.06. The summed E-state index contributed by atoms with van der Waals surface area (Å²) in [4.78, 5) is 0. The lowest BCUT2D eigenvalue weighted by Gasteiger charge is -2.07. The molecule has 1 heteroatoms. The average Bonchev–Trinajstić information content (AvgIpc) is 1.59. The van der Waals surface area contributed by atoms with Gasteiger partial charge in [-0.1, -0.05) is 5.92 Å². The van der Waals surface area contributed by atoms with Crippen molar-refractivity contribution in [1.82, 2.24) is 0 Å². The molecule has 0 aliphatic heterocycles. The van der Waals surface area contributed by atoms with E-state index in [0.29, 0.717) is 0 Å². The minimum absolute atomic E-state index is 0.0505. The summed E-state index contributed by atoms with van der Waals surface area (Å²) >= 11 is 0. The molecule has 0 saturated carbocycles. The van der Waals surface area contributed by atoms with E-state index in [0.717, 1.165) is 0 Å². The van der Waals surface area contributed by atoms with Gasteiger partial charge in [0.15, 0.2) is 0 Å². The molecule has 0 aromatic heterocycles. The molecule has 0 unspecified atom stereocenters. The van der Waals surface area contributed by atoms with Crippen molar-refractivity contribution in [2.24, 2.45) is 5.41 Å². The normalized spacial score (nSPS) is 10.6. The summed E-state index contributed by atoms with van der Waals surface area (Å²) < 4.78 is 5.06. The highest BCUT2D eigenvalue weighted by Crippen LogP contribution is 2.09. The highest BCUT2D eigenvalue weighted by molar-refractivity contribution is 5.02. The Balaban J connectivity index is 3.71. The zero-order valence-corrected chi connectivity index (χ0v) is 7.49. The quantitative estimate of drug-likeness (QED) is 0.508. The Morgan fingerprint density at radius 2 is 1.70 bits per heavy atom. The largest absolute Gasteiger partial charge is 0.444 e. The molecule has 1 nitrogen and oxygen atoms in total. The Labute approximate surface area is 63.8 Å². The lowest BCUT2D eigenvalue weighted by atomic mass is 9.99. The minimum atomic E-state index is 0.0505. The number of hydrogen-bond acceptors (Lipinski definition) is 1. The van der Waals surface area contributed by atoms with Gasteiger partial charge in [0.2, 0.25) is 0 Å². The first kappa shape index (κ1) is 9.36. The molecule has 0 aromatic carbocycles. The zero-order valence-electron chi connectivity index (χ0n) is 7.49. The van der Waals surface area contributed by atoms with E-state index in [1.165, 1.54) is 0 Å². The van der Waals surface area contributed by atoms with Crippen LogP contribution in [0.15, 0.2) is 0 Å². The fourth-order valence-corrected chi connectivity index (χ4v) is 0.300. The summed E-state index contributed by atoms with van der Waals surface area (Å²) in [6.07, 6.45) is 2.88. The van der Waals surface area contributed by atoms with Gasteiger partial charge in [-0.15, -0.1) is 0 Å². The Morgan fingerprint density at radius 3 is 2.00 bits per heavy atom. The van der Waals surface area contributed by atoms with Crippen LogP contribution in [-0.2, 0) is 4.74 Å². The molecular formula is C9H16O. The molecule has 0 heterocycles. The predicted molar refractivity (Wildman–Crippen MR) is 43.5 cm³/mol. The SMILES string of the molecule is CC(C)OC#CC(C)(C)C. The molecule has 0 saturated heterocycles. The third-order valence-electron chi connectivity index (χ3n) is 0.721. The Bertz CT molecular complexity index is 140. The van der Waals surface area contributed by atoms with Gasteiger partial charge in [0.25, 0.3) is 0 Å². The minimum Gasteiger partial charge on any atom is -0.444 e. The van der Waals surface area contributed by atoms with E-state index < -0.39 is 0 Å². The van der Waals surface area contributed by atoms with Crippen LogP contribution in [0.3, 0.4) is 0 Å². The van der Waals surface area contributed by atoms with Crippen molar-refractivity contribution >= 4 is 0 Å². The molecule has 0 fully saturated rings. The van der Waals surface area contributed by atoms with Gasteiger partial charge in [0.1, 0.15) is 12.2 Å². The fraction of sp³-hybridized carbons (Fsp3) is 0.778. The van der Waals surface area contributed by atoms with E-state index >= 15 is 0 Å². The summed E-state index contributed by atoms with van der Waals surface area (Å²) in [6, 6.07) is 0. The Morgan fingerprint density at radius 1 is 1.20 bits per heavy atom. The van der Waals surface area contributed by atoms with Crippen molar-refractivity contribution in [1.29, 1.82) is 0 Å². The van der Waals surface area contributed by atoms with Crippen molar-refractivity contribution < 1.29 is 4.74 Å². The molecule has 10 heavy (non-hydrogen) atoms. The third-order valence-corrected chi connectivity index (χ3v) is 0.721. The summed E-state index contributed by atoms with van der Waals surface area (Å²) in [5.74, 6) is 2.98. The van der Waals surface area contributed by atoms with Gasteiger partial charge in [-0.2, -0.15) is 0 Å². The topological polar surface area (TPSA) is 9.23 Å². The van der Waals surface area contributed by atoms with E-state index in [1.807, 2.05) is 13.8 Å². The average molecular weight is 140 g/mol. The molecule has 0 atom stereocenters. The maximum atomic E-state index is 5.06. The van der Waals surface area contributed by atoms with Crippen LogP contribution in [0.25, 0.3) is 0 Å². The van der Waals surface area contributed by atoms with Gasteiger partial charge in [-0.3, -0.25) is 0 Å². The van der Waals surface area contributed by atoms with Gasteiger partial charge in [0, 0.05) is 5.41 Å². The van der Waals surface area contributed by atoms with E-state index in [4.69, 9.17) is 4.74 Å². The fourth-order valence-electron chi connectivity index (χ4n) is 0.300. The van der Waals surface area contributed by atoms with Gasteiger partial charge in [-0.05, 0) is 34.6 Å². The van der Waals surface area contributed by atoms with Crippen LogP contribution < -0.4 is 0 Å². The molecule has 0 aliphatic carbocycles. The smallest absolute Gasteiger partial charge is 0.110 e. The van der Waals surface area contributed by atoms with E-state index in [2.05, 4.69) is 32.8 Å². The highest BCUT2D eigenvalue weighted by atomic mass is 16.5. The van der Waals surface area contributed by atoms with Gasteiger partial charge < -0.3 is 4.74 Å². The molecule has 0 bridgehead atoms. The first-order valence-corrected chi connectivity index (χ1v) is 3.59. The second-order valence-corrected chi connectivity index (χ2v) is 3.64. The third kappa shape index (κ3) is 7.36. The first-order valence-electron chi connectivity index (χ1n) is 3.59. The highest BCUT2D eigenvalue weighted by Gasteiger charge is 2.03. The summed E-state index contributed by atoms with van der Waals surface area (Å²) in [7, 11) is 0. The summed E-state index contributed by atoms with van der Waals surface area (Å²) in [6.45, 7) is 10.1. The second kappa shape index (κ2) is 3.51. The standard InChI is InChI=1S/C9H16O/c1-8(2)10-7-6-9(3,4)5/h8H,1-5H3. The van der Waals surface area contributed by atoms with Crippen LogP contribution in [-0.4, -0.2) is 6.10 Å². The molecule has 0 radical (unpaired) electrons. The monoisotopic (exact) mass is 140 g/mol. The van der Waals surface area contributed by atoms with E-state index in [1.54, 1.807) is 0 Å². The van der Waals surface area contributed by atoms with Crippen molar-refractivity contribution in [3.8, 4) is 12.0 Å². The molecule has 0 spiro atoms. The Hall–Kier alpha value is -0.640. The van der Waals surface area contributed by atoms with Gasteiger partial charge >= 0.3 is 0 Å². The summed E-state index contributed by atoms with van der Waals surface area (Å²) in [5.41, 5.74) is 0.0505. The van der Waals surface area contributed by atoms with Crippen molar-refractivity contribution in [3.05, 3.63) is 0 Å².